The second-order valence-corrected chi connectivity index (χ2v) is 7.79. The molecule has 0 atom stereocenters. The maximum atomic E-state index is 13.1. The summed E-state index contributed by atoms with van der Waals surface area (Å²) in [6.07, 6.45) is 0.104. The van der Waals surface area contributed by atoms with Gasteiger partial charge in [-0.3, -0.25) is 9.10 Å². The molecular formula is C19H24N2O3S. The normalized spacial score (nSPS) is 11.2. The maximum absolute atomic E-state index is 13.1. The van der Waals surface area contributed by atoms with Crippen molar-refractivity contribution >= 4 is 21.6 Å². The van der Waals surface area contributed by atoms with Gasteiger partial charge in [-0.2, -0.15) is 0 Å². The topological polar surface area (TPSA) is 66.5 Å². The zero-order chi connectivity index (χ0) is 18.4. The molecule has 1 amide bonds. The average molecular weight is 360 g/mol. The number of anilines is 1. The predicted molar refractivity (Wildman–Crippen MR) is 100 cm³/mol. The maximum Gasteiger partial charge on any atom is 0.264 e. The van der Waals surface area contributed by atoms with Crippen molar-refractivity contribution in [2.45, 2.75) is 32.1 Å². The molecule has 0 heterocycles. The number of carbonyl (C=O) groups excluding carboxylic acids is 1. The third-order valence-electron chi connectivity index (χ3n) is 3.85. The molecule has 6 heteroatoms. The Labute approximate surface area is 149 Å². The van der Waals surface area contributed by atoms with Gasteiger partial charge in [0.05, 0.1) is 10.6 Å². The number of benzene rings is 2. The molecule has 0 bridgehead atoms. The molecule has 0 unspecified atom stereocenters. The van der Waals surface area contributed by atoms with Crippen molar-refractivity contribution in [3.8, 4) is 0 Å². The summed E-state index contributed by atoms with van der Waals surface area (Å²) in [6.45, 7) is 6.29. The van der Waals surface area contributed by atoms with Crippen LogP contribution in [-0.4, -0.2) is 27.4 Å². The van der Waals surface area contributed by atoms with Gasteiger partial charge in [-0.1, -0.05) is 35.4 Å². The molecule has 0 aliphatic rings. The minimum absolute atomic E-state index is 0.0884. The van der Waals surface area contributed by atoms with Gasteiger partial charge in [0.25, 0.3) is 10.0 Å². The van der Waals surface area contributed by atoms with Crippen LogP contribution >= 0.6 is 0 Å². The van der Waals surface area contributed by atoms with Crippen LogP contribution in [0.5, 0.6) is 0 Å². The average Bonchev–Trinajstić information content (AvgIpc) is 2.57. The van der Waals surface area contributed by atoms with Crippen molar-refractivity contribution in [1.82, 2.24) is 5.32 Å². The Bertz CT molecular complexity index is 813. The molecule has 0 fully saturated rings. The minimum Gasteiger partial charge on any atom is -0.356 e. The van der Waals surface area contributed by atoms with Crippen LogP contribution in [0, 0.1) is 13.8 Å². The first-order chi connectivity index (χ1) is 11.8. The van der Waals surface area contributed by atoms with E-state index in [0.717, 1.165) is 11.1 Å². The van der Waals surface area contributed by atoms with Crippen LogP contribution < -0.4 is 9.62 Å². The molecule has 0 saturated carbocycles. The molecular weight excluding hydrogens is 336 g/mol. The Balaban J connectivity index is 2.37. The largest absolute Gasteiger partial charge is 0.356 e. The SMILES string of the molecule is CCNC(=O)CCN(c1ccc(C)cc1)S(=O)(=O)c1ccc(C)cc1. The summed E-state index contributed by atoms with van der Waals surface area (Å²) in [5, 5.41) is 2.70. The molecule has 1 N–H and O–H groups in total. The van der Waals surface area contributed by atoms with Crippen molar-refractivity contribution in [3.63, 3.8) is 0 Å². The fourth-order valence-corrected chi connectivity index (χ4v) is 3.89. The van der Waals surface area contributed by atoms with Gasteiger partial charge < -0.3 is 5.32 Å². The summed E-state index contributed by atoms with van der Waals surface area (Å²) < 4.78 is 27.5. The molecule has 5 nitrogen and oxygen atoms in total. The third-order valence-corrected chi connectivity index (χ3v) is 5.69. The van der Waals surface area contributed by atoms with Crippen LogP contribution in [0.25, 0.3) is 0 Å². The van der Waals surface area contributed by atoms with Crippen molar-refractivity contribution in [2.75, 3.05) is 17.4 Å². The Morgan fingerprint density at radius 2 is 1.48 bits per heavy atom. The van der Waals surface area contributed by atoms with Gasteiger partial charge in [-0.25, -0.2) is 8.42 Å². The monoisotopic (exact) mass is 360 g/mol. The van der Waals surface area contributed by atoms with E-state index in [1.807, 2.05) is 32.9 Å². The van der Waals surface area contributed by atoms with Crippen LogP contribution in [0.1, 0.15) is 24.5 Å². The molecule has 0 radical (unpaired) electrons. The second-order valence-electron chi connectivity index (χ2n) is 5.93. The van der Waals surface area contributed by atoms with Crippen LogP contribution in [0.4, 0.5) is 5.69 Å². The van der Waals surface area contributed by atoms with E-state index in [1.54, 1.807) is 36.4 Å². The third kappa shape index (κ3) is 4.82. The van der Waals surface area contributed by atoms with Crippen LogP contribution in [0.15, 0.2) is 53.4 Å². The molecule has 2 aromatic carbocycles. The number of aryl methyl sites for hydroxylation is 2. The number of nitrogens with zero attached hydrogens (tertiary/aromatic N) is 1. The van der Waals surface area contributed by atoms with E-state index in [0.29, 0.717) is 12.2 Å². The fraction of sp³-hybridized carbons (Fsp3) is 0.316. The van der Waals surface area contributed by atoms with Crippen LogP contribution in [0.2, 0.25) is 0 Å². The van der Waals surface area contributed by atoms with Crippen LogP contribution in [-0.2, 0) is 14.8 Å². The lowest BCUT2D eigenvalue weighted by atomic mass is 10.2. The van der Waals surface area contributed by atoms with Gasteiger partial charge in [0, 0.05) is 19.5 Å². The van der Waals surface area contributed by atoms with Gasteiger partial charge in [0.15, 0.2) is 0 Å². The standard InChI is InChI=1S/C19H24N2O3S/c1-4-20-19(22)13-14-21(17-9-5-15(2)6-10-17)25(23,24)18-11-7-16(3)8-12-18/h5-12H,4,13-14H2,1-3H3,(H,20,22). The Morgan fingerprint density at radius 1 is 0.960 bits per heavy atom. The summed E-state index contributed by atoms with van der Waals surface area (Å²) in [6, 6.07) is 14.0. The molecule has 0 aliphatic heterocycles. The number of nitrogens with one attached hydrogen (secondary N) is 1. The summed E-state index contributed by atoms with van der Waals surface area (Å²) in [5.74, 6) is -0.168. The lowest BCUT2D eigenvalue weighted by molar-refractivity contribution is -0.120. The number of hydrogen-bond acceptors (Lipinski definition) is 3. The van der Waals surface area contributed by atoms with Gasteiger partial charge in [-0.15, -0.1) is 0 Å². The van der Waals surface area contributed by atoms with Crippen molar-refractivity contribution < 1.29 is 13.2 Å². The minimum atomic E-state index is -3.74. The summed E-state index contributed by atoms with van der Waals surface area (Å²) in [4.78, 5) is 12.0. The van der Waals surface area contributed by atoms with Gasteiger partial charge in [-0.05, 0) is 45.0 Å². The molecule has 0 saturated heterocycles. The highest BCUT2D eigenvalue weighted by Gasteiger charge is 2.25. The zero-order valence-electron chi connectivity index (χ0n) is 14.8. The number of sulfonamides is 1. The molecule has 2 rings (SSSR count). The quantitative estimate of drug-likeness (QED) is 0.825. The molecule has 0 aliphatic carbocycles. The highest BCUT2D eigenvalue weighted by atomic mass is 32.2. The fourth-order valence-electron chi connectivity index (χ4n) is 2.43. The van der Waals surface area contributed by atoms with Crippen molar-refractivity contribution in [3.05, 3.63) is 59.7 Å². The predicted octanol–water partition coefficient (Wildman–Crippen LogP) is 3.02. The summed E-state index contributed by atoms with van der Waals surface area (Å²) >= 11 is 0. The second kappa shape index (κ2) is 8.16. The highest BCUT2D eigenvalue weighted by Crippen LogP contribution is 2.24. The molecule has 0 spiro atoms. The van der Waals surface area contributed by atoms with E-state index >= 15 is 0 Å². The lowest BCUT2D eigenvalue weighted by Crippen LogP contribution is -2.35. The first-order valence-corrected chi connectivity index (χ1v) is 9.71. The first-order valence-electron chi connectivity index (χ1n) is 8.27. The lowest BCUT2D eigenvalue weighted by Gasteiger charge is -2.24. The van der Waals surface area contributed by atoms with E-state index in [1.165, 1.54) is 4.31 Å². The summed E-state index contributed by atoms with van der Waals surface area (Å²) in [7, 11) is -3.74. The number of amides is 1. The number of carbonyl (C=O) groups is 1. The Morgan fingerprint density at radius 3 is 2.00 bits per heavy atom. The van der Waals surface area contributed by atoms with Crippen molar-refractivity contribution in [2.24, 2.45) is 0 Å². The first kappa shape index (κ1) is 19.0. The van der Waals surface area contributed by atoms with E-state index in [9.17, 15) is 13.2 Å². The van der Waals surface area contributed by atoms with Gasteiger partial charge in [0.2, 0.25) is 5.91 Å². The highest BCUT2D eigenvalue weighted by molar-refractivity contribution is 7.92. The Kier molecular flexibility index (Phi) is 6.20. The van der Waals surface area contributed by atoms with E-state index in [2.05, 4.69) is 5.32 Å². The van der Waals surface area contributed by atoms with Crippen LogP contribution in [0.3, 0.4) is 0 Å². The van der Waals surface area contributed by atoms with Gasteiger partial charge in [0.1, 0.15) is 0 Å². The number of rotatable bonds is 7. The smallest absolute Gasteiger partial charge is 0.264 e. The van der Waals surface area contributed by atoms with E-state index in [4.69, 9.17) is 0 Å². The Hall–Kier alpha value is -2.34. The van der Waals surface area contributed by atoms with Crippen molar-refractivity contribution in [1.29, 1.82) is 0 Å². The molecule has 0 aromatic heterocycles. The summed E-state index contributed by atoms with van der Waals surface area (Å²) in [5.41, 5.74) is 2.58. The number of hydrogen-bond donors (Lipinski definition) is 1. The zero-order valence-corrected chi connectivity index (χ0v) is 15.6. The molecule has 25 heavy (non-hydrogen) atoms. The molecule has 134 valence electrons. The van der Waals surface area contributed by atoms with Gasteiger partial charge >= 0.3 is 0 Å². The van der Waals surface area contributed by atoms with E-state index < -0.39 is 10.0 Å². The van der Waals surface area contributed by atoms with E-state index in [-0.39, 0.29) is 23.8 Å². The molecule has 2 aromatic rings.